The Morgan fingerprint density at radius 3 is 2.55 bits per heavy atom. The lowest BCUT2D eigenvalue weighted by atomic mass is 10.2. The first kappa shape index (κ1) is 23.3. The predicted octanol–water partition coefficient (Wildman–Crippen LogP) is 2.19. The first-order chi connectivity index (χ1) is 13.8. The van der Waals surface area contributed by atoms with Crippen molar-refractivity contribution in [2.24, 2.45) is 5.22 Å². The molecule has 12 nitrogen and oxygen atoms in total. The SMILES string of the molecule is CCCNP(=O)(NCCC)OC[C@@H]1CC[C@H](n2cc(C)c(=O)n(N=[N+]=[N-])c2=O)O1. The molecule has 29 heavy (non-hydrogen) atoms. The number of hydrogen-bond donors (Lipinski definition) is 2. The molecule has 13 heteroatoms. The van der Waals surface area contributed by atoms with Gasteiger partial charge in [0, 0.05) is 19.3 Å². The van der Waals surface area contributed by atoms with E-state index in [0.29, 0.717) is 30.6 Å². The minimum Gasteiger partial charge on any atom is -0.352 e. The zero-order valence-corrected chi connectivity index (χ0v) is 17.8. The highest BCUT2D eigenvalue weighted by Gasteiger charge is 2.32. The van der Waals surface area contributed by atoms with Crippen molar-refractivity contribution in [1.29, 1.82) is 0 Å². The van der Waals surface area contributed by atoms with E-state index in [1.165, 1.54) is 17.7 Å². The van der Waals surface area contributed by atoms with Crippen molar-refractivity contribution < 1.29 is 13.8 Å². The number of hydrogen-bond acceptors (Lipinski definition) is 6. The van der Waals surface area contributed by atoms with E-state index in [0.717, 1.165) is 12.8 Å². The molecular formula is C16H28N7O5P. The Morgan fingerprint density at radius 1 is 1.31 bits per heavy atom. The fraction of sp³-hybridized carbons (Fsp3) is 0.750. The van der Waals surface area contributed by atoms with Crippen LogP contribution in [0.2, 0.25) is 0 Å². The zero-order chi connectivity index (χ0) is 21.4. The fourth-order valence-corrected chi connectivity index (χ4v) is 4.58. The number of rotatable bonds is 11. The van der Waals surface area contributed by atoms with Crippen molar-refractivity contribution in [3.05, 3.63) is 43.0 Å². The van der Waals surface area contributed by atoms with Gasteiger partial charge in [0.05, 0.1) is 18.3 Å². The normalized spacial score (nSPS) is 19.3. The number of nitrogens with zero attached hydrogens (tertiary/aromatic N) is 5. The summed E-state index contributed by atoms with van der Waals surface area (Å²) in [5, 5.41) is 9.00. The lowest BCUT2D eigenvalue weighted by Gasteiger charge is -2.22. The van der Waals surface area contributed by atoms with Gasteiger partial charge in [0.15, 0.2) is 0 Å². The summed E-state index contributed by atoms with van der Waals surface area (Å²) in [5.41, 5.74) is 7.39. The topological polar surface area (TPSA) is 152 Å². The first-order valence-electron chi connectivity index (χ1n) is 9.65. The molecule has 1 aliphatic rings. The highest BCUT2D eigenvalue weighted by Crippen LogP contribution is 2.39. The molecule has 0 amide bonds. The Hall–Kier alpha value is -1.94. The number of azide groups is 1. The van der Waals surface area contributed by atoms with E-state index in [1.807, 2.05) is 13.8 Å². The van der Waals surface area contributed by atoms with Gasteiger partial charge in [-0.25, -0.2) is 19.8 Å². The molecule has 1 aromatic heterocycles. The molecule has 2 N–H and O–H groups in total. The summed E-state index contributed by atoms with van der Waals surface area (Å²) >= 11 is 0. The standard InChI is InChI=1S/C16H28N7O5P/c1-4-8-18-29(26,19-9-5-2)27-11-13-6-7-14(28-13)22-10-12(3)15(24)23(16(22)25)21-20-17/h10,13-14H,4-9,11H2,1-3H3,(H2,18,19,26)/t13-,14+/m0/s1. The molecular weight excluding hydrogens is 401 g/mol. The van der Waals surface area contributed by atoms with Gasteiger partial charge in [0.1, 0.15) is 6.23 Å². The van der Waals surface area contributed by atoms with E-state index in [4.69, 9.17) is 14.8 Å². The smallest absolute Gasteiger partial charge is 0.352 e. The van der Waals surface area contributed by atoms with E-state index >= 15 is 0 Å². The van der Waals surface area contributed by atoms with E-state index in [-0.39, 0.29) is 18.3 Å². The second-order valence-electron chi connectivity index (χ2n) is 6.75. The second kappa shape index (κ2) is 10.7. The molecule has 0 radical (unpaired) electrons. The van der Waals surface area contributed by atoms with Crippen molar-refractivity contribution in [2.45, 2.75) is 58.8 Å². The van der Waals surface area contributed by atoms with E-state index < -0.39 is 25.1 Å². The highest BCUT2D eigenvalue weighted by atomic mass is 31.2. The average Bonchev–Trinajstić information content (AvgIpc) is 3.18. The number of nitrogens with one attached hydrogen (secondary N) is 2. The molecule has 0 bridgehead atoms. The van der Waals surface area contributed by atoms with Crippen molar-refractivity contribution in [3.8, 4) is 0 Å². The number of aryl methyl sites for hydroxylation is 1. The van der Waals surface area contributed by atoms with Crippen LogP contribution in [0.1, 0.15) is 51.3 Å². The van der Waals surface area contributed by atoms with Crippen LogP contribution in [0.25, 0.3) is 10.4 Å². The minimum atomic E-state index is -3.19. The molecule has 0 saturated carbocycles. The van der Waals surface area contributed by atoms with Gasteiger partial charge in [-0.1, -0.05) is 18.5 Å². The van der Waals surface area contributed by atoms with Gasteiger partial charge in [-0.05, 0) is 37.8 Å². The third-order valence-corrected chi connectivity index (χ3v) is 6.16. The van der Waals surface area contributed by atoms with Crippen LogP contribution in [-0.2, 0) is 13.8 Å². The Labute approximate surface area is 168 Å². The molecule has 1 aromatic rings. The van der Waals surface area contributed by atoms with Crippen LogP contribution < -0.4 is 21.4 Å². The van der Waals surface area contributed by atoms with Crippen molar-refractivity contribution >= 4 is 7.67 Å². The molecule has 1 fully saturated rings. The van der Waals surface area contributed by atoms with Gasteiger partial charge in [-0.3, -0.25) is 9.13 Å². The maximum absolute atomic E-state index is 12.9. The lowest BCUT2D eigenvalue weighted by Crippen LogP contribution is -2.40. The Kier molecular flexibility index (Phi) is 8.63. The minimum absolute atomic E-state index is 0.0882. The second-order valence-corrected chi connectivity index (χ2v) is 8.74. The van der Waals surface area contributed by atoms with Crippen LogP contribution >= 0.6 is 7.67 Å². The third kappa shape index (κ3) is 6.02. The Bertz CT molecular complexity index is 896. The zero-order valence-electron chi connectivity index (χ0n) is 16.9. The van der Waals surface area contributed by atoms with E-state index in [2.05, 4.69) is 20.3 Å². The van der Waals surface area contributed by atoms with Crippen LogP contribution in [0, 0.1) is 6.92 Å². The van der Waals surface area contributed by atoms with Crippen LogP contribution in [0.5, 0.6) is 0 Å². The van der Waals surface area contributed by atoms with Gasteiger partial charge in [0.2, 0.25) is 0 Å². The summed E-state index contributed by atoms with van der Waals surface area (Å²) in [7, 11) is -3.19. The summed E-state index contributed by atoms with van der Waals surface area (Å²) in [4.78, 5) is 27.0. The average molecular weight is 429 g/mol. The van der Waals surface area contributed by atoms with Gasteiger partial charge in [-0.2, -0.15) is 4.91 Å². The quantitative estimate of drug-likeness (QED) is 0.237. The first-order valence-corrected chi connectivity index (χ1v) is 11.3. The molecule has 0 aromatic carbocycles. The summed E-state index contributed by atoms with van der Waals surface area (Å²) < 4.78 is 26.1. The molecule has 1 aliphatic heterocycles. The molecule has 2 heterocycles. The van der Waals surface area contributed by atoms with Crippen molar-refractivity contribution in [3.63, 3.8) is 0 Å². The monoisotopic (exact) mass is 429 g/mol. The molecule has 0 aliphatic carbocycles. The Balaban J connectivity index is 2.08. The largest absolute Gasteiger partial charge is 0.428 e. The van der Waals surface area contributed by atoms with Gasteiger partial charge < -0.3 is 9.26 Å². The summed E-state index contributed by atoms with van der Waals surface area (Å²) in [6.07, 6.45) is 3.08. The van der Waals surface area contributed by atoms with Gasteiger partial charge in [0.25, 0.3) is 0 Å². The molecule has 0 spiro atoms. The highest BCUT2D eigenvalue weighted by molar-refractivity contribution is 7.54. The van der Waals surface area contributed by atoms with Crippen LogP contribution in [-0.4, -0.2) is 35.0 Å². The van der Waals surface area contributed by atoms with Gasteiger partial charge in [-0.15, -0.1) is 5.53 Å². The van der Waals surface area contributed by atoms with E-state index in [1.54, 1.807) is 0 Å². The Morgan fingerprint density at radius 2 is 1.97 bits per heavy atom. The van der Waals surface area contributed by atoms with Crippen LogP contribution in [0.3, 0.4) is 0 Å². The maximum atomic E-state index is 12.9. The maximum Gasteiger partial charge on any atom is 0.428 e. The van der Waals surface area contributed by atoms with Crippen LogP contribution in [0.15, 0.2) is 21.0 Å². The molecule has 162 valence electrons. The number of ether oxygens (including phenoxy) is 1. The lowest BCUT2D eigenvalue weighted by molar-refractivity contribution is -0.0208. The van der Waals surface area contributed by atoms with E-state index in [9.17, 15) is 14.2 Å². The third-order valence-electron chi connectivity index (χ3n) is 4.37. The fourth-order valence-electron chi connectivity index (χ4n) is 2.87. The molecule has 2 rings (SSSR count). The summed E-state index contributed by atoms with van der Waals surface area (Å²) in [6.45, 7) is 6.65. The number of aromatic nitrogens is 2. The van der Waals surface area contributed by atoms with Gasteiger partial charge >= 0.3 is 18.9 Å². The summed E-state index contributed by atoms with van der Waals surface area (Å²) in [5.74, 6) is 0. The molecule has 1 saturated heterocycles. The molecule has 0 unspecified atom stereocenters. The molecule has 2 atom stereocenters. The predicted molar refractivity (Wildman–Crippen MR) is 108 cm³/mol. The van der Waals surface area contributed by atoms with Crippen LogP contribution in [0.4, 0.5) is 0 Å². The van der Waals surface area contributed by atoms with Crippen molar-refractivity contribution in [1.82, 2.24) is 19.4 Å². The van der Waals surface area contributed by atoms with Crippen molar-refractivity contribution in [2.75, 3.05) is 19.7 Å². The summed E-state index contributed by atoms with van der Waals surface area (Å²) in [6, 6.07) is 0.